The quantitative estimate of drug-likeness (QED) is 0.869. The highest BCUT2D eigenvalue weighted by molar-refractivity contribution is 8.00. The molecule has 0 saturated carbocycles. The van der Waals surface area contributed by atoms with Crippen LogP contribution in [0.2, 0.25) is 0 Å². The highest BCUT2D eigenvalue weighted by atomic mass is 32.2. The number of carbonyl (C=O) groups is 2. The van der Waals surface area contributed by atoms with E-state index >= 15 is 0 Å². The van der Waals surface area contributed by atoms with Crippen molar-refractivity contribution in [3.63, 3.8) is 0 Å². The molecule has 106 valence electrons. The molecule has 1 aromatic rings. The summed E-state index contributed by atoms with van der Waals surface area (Å²) in [4.78, 5) is 24.8. The Bertz CT molecular complexity index is 556. The molecule has 0 bridgehead atoms. The smallest absolute Gasteiger partial charge is 0.327 e. The molecule has 2 atom stereocenters. The minimum Gasteiger partial charge on any atom is -0.480 e. The van der Waals surface area contributed by atoms with Crippen molar-refractivity contribution in [2.45, 2.75) is 25.3 Å². The van der Waals surface area contributed by atoms with Crippen LogP contribution >= 0.6 is 11.8 Å². The molecule has 1 heterocycles. The van der Waals surface area contributed by atoms with Crippen molar-refractivity contribution < 1.29 is 14.7 Å². The van der Waals surface area contributed by atoms with E-state index in [9.17, 15) is 9.59 Å². The van der Waals surface area contributed by atoms with Gasteiger partial charge in [-0.25, -0.2) is 4.79 Å². The SMILES string of the molecule is Cc1ccccc1C=CC(=O)N1C(C)SCC1C(=O)O. The standard InChI is InChI=1S/C15H17NO3S/c1-10-5-3-4-6-12(10)7-8-14(17)16-11(2)20-9-13(16)15(18)19/h3-8,11,13H,9H2,1-2H3,(H,18,19). The molecule has 1 saturated heterocycles. The summed E-state index contributed by atoms with van der Waals surface area (Å²) in [7, 11) is 0. The maximum Gasteiger partial charge on any atom is 0.327 e. The largest absolute Gasteiger partial charge is 0.480 e. The second-order valence-electron chi connectivity index (χ2n) is 4.72. The Morgan fingerprint density at radius 3 is 2.75 bits per heavy atom. The first kappa shape index (κ1) is 14.7. The second kappa shape index (κ2) is 6.13. The monoisotopic (exact) mass is 291 g/mol. The number of carboxylic acids is 1. The lowest BCUT2D eigenvalue weighted by Gasteiger charge is -2.23. The molecule has 1 aliphatic heterocycles. The van der Waals surface area contributed by atoms with E-state index in [-0.39, 0.29) is 11.3 Å². The summed E-state index contributed by atoms with van der Waals surface area (Å²) < 4.78 is 0. The molecule has 1 amide bonds. The summed E-state index contributed by atoms with van der Waals surface area (Å²) >= 11 is 1.49. The van der Waals surface area contributed by atoms with E-state index in [1.807, 2.05) is 38.1 Å². The minimum absolute atomic E-state index is 0.106. The number of carbonyl (C=O) groups excluding carboxylic acids is 1. The van der Waals surface area contributed by atoms with Crippen molar-refractivity contribution in [2.75, 3.05) is 5.75 Å². The number of nitrogens with zero attached hydrogens (tertiary/aromatic N) is 1. The number of hydrogen-bond acceptors (Lipinski definition) is 3. The van der Waals surface area contributed by atoms with Gasteiger partial charge in [0.15, 0.2) is 0 Å². The summed E-state index contributed by atoms with van der Waals surface area (Å²) in [6, 6.07) is 7.01. The van der Waals surface area contributed by atoms with Crippen molar-refractivity contribution in [1.29, 1.82) is 0 Å². The molecule has 4 nitrogen and oxygen atoms in total. The number of hydrogen-bond donors (Lipinski definition) is 1. The zero-order valence-corrected chi connectivity index (χ0v) is 12.3. The predicted molar refractivity (Wildman–Crippen MR) is 80.4 cm³/mol. The van der Waals surface area contributed by atoms with Gasteiger partial charge in [-0.15, -0.1) is 11.8 Å². The van der Waals surface area contributed by atoms with Crippen LogP contribution in [0, 0.1) is 6.92 Å². The molecule has 1 aliphatic rings. The Balaban J connectivity index is 2.15. The summed E-state index contributed by atoms with van der Waals surface area (Å²) in [5, 5.41) is 9.04. The van der Waals surface area contributed by atoms with Crippen LogP contribution in [-0.2, 0) is 9.59 Å². The van der Waals surface area contributed by atoms with Gasteiger partial charge in [0.25, 0.3) is 0 Å². The van der Waals surface area contributed by atoms with Gasteiger partial charge in [0.05, 0.1) is 5.37 Å². The lowest BCUT2D eigenvalue weighted by atomic mass is 10.1. The van der Waals surface area contributed by atoms with Gasteiger partial charge in [0.2, 0.25) is 5.91 Å². The number of thioether (sulfide) groups is 1. The highest BCUT2D eigenvalue weighted by Gasteiger charge is 2.38. The van der Waals surface area contributed by atoms with Gasteiger partial charge < -0.3 is 10.0 Å². The van der Waals surface area contributed by atoms with E-state index < -0.39 is 12.0 Å². The fourth-order valence-corrected chi connectivity index (χ4v) is 3.36. The molecule has 1 aromatic carbocycles. The maximum absolute atomic E-state index is 12.2. The van der Waals surface area contributed by atoms with Crippen LogP contribution < -0.4 is 0 Å². The molecule has 1 N–H and O–H groups in total. The average Bonchev–Trinajstić information content (AvgIpc) is 2.79. The maximum atomic E-state index is 12.2. The Morgan fingerprint density at radius 1 is 1.40 bits per heavy atom. The summed E-state index contributed by atoms with van der Waals surface area (Å²) in [5.41, 5.74) is 2.04. The lowest BCUT2D eigenvalue weighted by molar-refractivity contribution is -0.147. The third kappa shape index (κ3) is 3.04. The summed E-state index contributed by atoms with van der Waals surface area (Å²) in [5.74, 6) is -0.752. The number of aliphatic carboxylic acids is 1. The van der Waals surface area contributed by atoms with Gasteiger partial charge in [-0.2, -0.15) is 0 Å². The van der Waals surface area contributed by atoms with E-state index in [1.54, 1.807) is 6.08 Å². The molecule has 2 unspecified atom stereocenters. The first-order chi connectivity index (χ1) is 9.50. The van der Waals surface area contributed by atoms with Crippen LogP contribution in [0.15, 0.2) is 30.3 Å². The Kier molecular flexibility index (Phi) is 4.49. The molecule has 0 spiro atoms. The molecular formula is C15H17NO3S. The van der Waals surface area contributed by atoms with Crippen molar-refractivity contribution in [3.8, 4) is 0 Å². The van der Waals surface area contributed by atoms with Crippen molar-refractivity contribution in [3.05, 3.63) is 41.5 Å². The molecular weight excluding hydrogens is 274 g/mol. The molecule has 20 heavy (non-hydrogen) atoms. The molecule has 0 aromatic heterocycles. The van der Waals surface area contributed by atoms with Gasteiger partial charge in [0, 0.05) is 11.8 Å². The van der Waals surface area contributed by atoms with E-state index in [4.69, 9.17) is 5.11 Å². The first-order valence-electron chi connectivity index (χ1n) is 6.41. The van der Waals surface area contributed by atoms with Crippen LogP contribution in [0.25, 0.3) is 6.08 Å². The van der Waals surface area contributed by atoms with Gasteiger partial charge in [-0.1, -0.05) is 24.3 Å². The fourth-order valence-electron chi connectivity index (χ4n) is 2.19. The zero-order chi connectivity index (χ0) is 14.7. The topological polar surface area (TPSA) is 57.6 Å². The highest BCUT2D eigenvalue weighted by Crippen LogP contribution is 2.29. The fraction of sp³-hybridized carbons (Fsp3) is 0.333. The van der Waals surface area contributed by atoms with Gasteiger partial charge >= 0.3 is 5.97 Å². The number of amides is 1. The van der Waals surface area contributed by atoms with Crippen LogP contribution in [0.1, 0.15) is 18.1 Å². The predicted octanol–water partition coefficient (Wildman–Crippen LogP) is 2.38. The third-order valence-corrected chi connectivity index (χ3v) is 4.57. The van der Waals surface area contributed by atoms with Crippen molar-refractivity contribution >= 4 is 29.7 Å². The van der Waals surface area contributed by atoms with Gasteiger partial charge in [-0.05, 0) is 31.1 Å². The van der Waals surface area contributed by atoms with Crippen LogP contribution in [0.3, 0.4) is 0 Å². The lowest BCUT2D eigenvalue weighted by Crippen LogP contribution is -2.43. The Hall–Kier alpha value is -1.75. The molecule has 5 heteroatoms. The average molecular weight is 291 g/mol. The van der Waals surface area contributed by atoms with Crippen LogP contribution in [0.5, 0.6) is 0 Å². The van der Waals surface area contributed by atoms with Gasteiger partial charge in [0.1, 0.15) is 6.04 Å². The number of rotatable bonds is 3. The van der Waals surface area contributed by atoms with Crippen molar-refractivity contribution in [1.82, 2.24) is 4.90 Å². The van der Waals surface area contributed by atoms with Crippen molar-refractivity contribution in [2.24, 2.45) is 0 Å². The van der Waals surface area contributed by atoms with Gasteiger partial charge in [-0.3, -0.25) is 4.79 Å². The van der Waals surface area contributed by atoms with E-state index in [0.29, 0.717) is 5.75 Å². The number of aryl methyl sites for hydroxylation is 1. The second-order valence-corrected chi connectivity index (χ2v) is 6.07. The van der Waals surface area contributed by atoms with Crippen LogP contribution in [-0.4, -0.2) is 39.1 Å². The summed E-state index contributed by atoms with van der Waals surface area (Å²) in [6.07, 6.45) is 3.20. The van der Waals surface area contributed by atoms with E-state index in [2.05, 4.69) is 0 Å². The van der Waals surface area contributed by atoms with E-state index in [1.165, 1.54) is 22.7 Å². The molecule has 0 radical (unpaired) electrons. The first-order valence-corrected chi connectivity index (χ1v) is 7.46. The molecule has 0 aliphatic carbocycles. The summed E-state index contributed by atoms with van der Waals surface area (Å²) in [6.45, 7) is 3.83. The van der Waals surface area contributed by atoms with Crippen LogP contribution in [0.4, 0.5) is 0 Å². The molecule has 2 rings (SSSR count). The Labute approximate surface area is 122 Å². The number of benzene rings is 1. The third-order valence-electron chi connectivity index (χ3n) is 3.36. The molecule has 1 fully saturated rings. The zero-order valence-electron chi connectivity index (χ0n) is 11.4. The number of carboxylic acid groups (broad SMARTS) is 1. The Morgan fingerprint density at radius 2 is 2.10 bits per heavy atom. The normalized spacial score (nSPS) is 22.4. The minimum atomic E-state index is -0.945. The van der Waals surface area contributed by atoms with E-state index in [0.717, 1.165) is 11.1 Å².